The molecule has 0 aliphatic heterocycles. The highest BCUT2D eigenvalue weighted by atomic mass is 16.3. The van der Waals surface area contributed by atoms with Crippen molar-refractivity contribution in [3.05, 3.63) is 158 Å². The molecular weight excluding hydrogens is 520 g/mol. The van der Waals surface area contributed by atoms with Gasteiger partial charge in [-0.05, 0) is 90.0 Å². The van der Waals surface area contributed by atoms with Gasteiger partial charge in [0.1, 0.15) is 11.2 Å². The molecule has 0 atom stereocenters. The monoisotopic (exact) mass is 553 g/mol. The quantitative estimate of drug-likeness (QED) is 0.198. The molecule has 9 aromatic rings. The normalized spacial score (nSPS) is 14.0. The third kappa shape index (κ3) is 3.72. The molecule has 0 aliphatic rings. The number of rotatable bonds is 3. The fraction of sp³-hybridized carbons (Fsp3) is 0. The predicted molar refractivity (Wildman–Crippen MR) is 183 cm³/mol. The molecule has 43 heavy (non-hydrogen) atoms. The standard InChI is InChI=1S/C42H26O/c1-2-11-27(12-3-1)29-21-23-32-33-24-22-30(26-40(33)43-39(32)25-29)41-35-16-6-8-18-37(35)42(38-19-9-7-17-36(38)41)34-20-10-14-28-13-4-5-15-31(28)34/h1-26H/i4D,5D,10D,13D,14D,15D,20D. The molecule has 200 valence electrons. The van der Waals surface area contributed by atoms with Crippen LogP contribution < -0.4 is 0 Å². The number of benzene rings is 8. The van der Waals surface area contributed by atoms with Crippen LogP contribution in [0.5, 0.6) is 0 Å². The molecule has 1 heterocycles. The summed E-state index contributed by atoms with van der Waals surface area (Å²) in [5, 5.41) is 5.32. The Balaban J connectivity index is 1.36. The smallest absolute Gasteiger partial charge is 0.136 e. The van der Waals surface area contributed by atoms with Gasteiger partial charge in [-0.3, -0.25) is 0 Å². The van der Waals surface area contributed by atoms with Crippen LogP contribution in [0, 0.1) is 0 Å². The first kappa shape index (κ1) is 18.0. The van der Waals surface area contributed by atoms with E-state index in [2.05, 4.69) is 48.5 Å². The first-order chi connectivity index (χ1) is 24.2. The van der Waals surface area contributed by atoms with Crippen molar-refractivity contribution in [3.8, 4) is 33.4 Å². The van der Waals surface area contributed by atoms with Gasteiger partial charge in [0.2, 0.25) is 0 Å². The minimum Gasteiger partial charge on any atom is -0.456 e. The van der Waals surface area contributed by atoms with Crippen LogP contribution >= 0.6 is 0 Å². The Morgan fingerprint density at radius 2 is 0.953 bits per heavy atom. The van der Waals surface area contributed by atoms with Gasteiger partial charge in [-0.2, -0.15) is 0 Å². The molecule has 0 radical (unpaired) electrons. The van der Waals surface area contributed by atoms with E-state index < -0.39 is 12.1 Å². The van der Waals surface area contributed by atoms with Gasteiger partial charge >= 0.3 is 0 Å². The number of furan rings is 1. The van der Waals surface area contributed by atoms with Gasteiger partial charge in [0.15, 0.2) is 0 Å². The highest BCUT2D eigenvalue weighted by molar-refractivity contribution is 6.24. The summed E-state index contributed by atoms with van der Waals surface area (Å²) in [6, 6.07) is 35.7. The summed E-state index contributed by atoms with van der Waals surface area (Å²) in [5.41, 5.74) is 6.42. The van der Waals surface area contributed by atoms with Crippen LogP contribution in [0.2, 0.25) is 0 Å². The number of hydrogen-bond acceptors (Lipinski definition) is 1. The van der Waals surface area contributed by atoms with E-state index >= 15 is 0 Å². The second-order valence-corrected chi connectivity index (χ2v) is 10.7. The van der Waals surface area contributed by atoms with Crippen molar-refractivity contribution in [1.29, 1.82) is 0 Å². The van der Waals surface area contributed by atoms with Crippen LogP contribution in [-0.4, -0.2) is 0 Å². The Morgan fingerprint density at radius 1 is 0.395 bits per heavy atom. The lowest BCUT2D eigenvalue weighted by Gasteiger charge is -2.18. The Bertz CT molecular complexity index is 2830. The summed E-state index contributed by atoms with van der Waals surface area (Å²) in [6.07, 6.45) is 0. The first-order valence-corrected chi connectivity index (χ1v) is 14.2. The summed E-state index contributed by atoms with van der Waals surface area (Å²) < 4.78 is 67.4. The largest absolute Gasteiger partial charge is 0.456 e. The minimum absolute atomic E-state index is 0.0602. The molecule has 0 spiro atoms. The molecular formula is C42H26O. The van der Waals surface area contributed by atoms with Crippen LogP contribution in [0.15, 0.2) is 162 Å². The minimum atomic E-state index is -0.471. The van der Waals surface area contributed by atoms with Gasteiger partial charge in [-0.1, -0.05) is 133 Å². The van der Waals surface area contributed by atoms with Crippen molar-refractivity contribution in [2.24, 2.45) is 0 Å². The van der Waals surface area contributed by atoms with Crippen molar-refractivity contribution in [2.75, 3.05) is 0 Å². The van der Waals surface area contributed by atoms with Crippen LogP contribution in [0.25, 0.3) is 87.6 Å². The maximum atomic E-state index is 9.16. The molecule has 1 heteroatoms. The zero-order chi connectivity index (χ0) is 34.4. The van der Waals surface area contributed by atoms with Crippen molar-refractivity contribution in [3.63, 3.8) is 0 Å². The van der Waals surface area contributed by atoms with Gasteiger partial charge < -0.3 is 4.42 Å². The van der Waals surface area contributed by atoms with Crippen LogP contribution in [0.1, 0.15) is 9.60 Å². The molecule has 8 aromatic carbocycles. The molecule has 0 unspecified atom stereocenters. The molecule has 0 aliphatic carbocycles. The van der Waals surface area contributed by atoms with Crippen LogP contribution in [0.4, 0.5) is 0 Å². The summed E-state index contributed by atoms with van der Waals surface area (Å²) in [6.45, 7) is 0. The third-order valence-electron chi connectivity index (χ3n) is 8.36. The Hall–Kier alpha value is -5.66. The maximum Gasteiger partial charge on any atom is 0.136 e. The second kappa shape index (κ2) is 9.44. The van der Waals surface area contributed by atoms with Gasteiger partial charge in [0.05, 0.1) is 9.60 Å². The zero-order valence-electron chi connectivity index (χ0n) is 29.9. The van der Waals surface area contributed by atoms with Crippen molar-refractivity contribution in [1.82, 2.24) is 0 Å². The molecule has 0 saturated carbocycles. The van der Waals surface area contributed by atoms with Gasteiger partial charge in [-0.25, -0.2) is 0 Å². The molecule has 1 nitrogen and oxygen atoms in total. The average Bonchev–Trinajstić information content (AvgIpc) is 3.52. The Kier molecular flexibility index (Phi) is 3.95. The predicted octanol–water partition coefficient (Wildman–Crippen LogP) is 12.0. The highest BCUT2D eigenvalue weighted by Gasteiger charge is 2.19. The van der Waals surface area contributed by atoms with E-state index in [1.807, 2.05) is 66.7 Å². The topological polar surface area (TPSA) is 13.1 Å². The van der Waals surface area contributed by atoms with E-state index in [9.17, 15) is 0 Å². The SMILES string of the molecule is [2H]c1c([2H])c([2H])c2c(-c3c4ccccc4c(-c4ccc5c(c4)oc4cc(-c6ccccc6)ccc45)c4ccccc34)c([2H])c([2H])c([2H])c2c1[2H]. The Labute approximate surface area is 259 Å². The van der Waals surface area contributed by atoms with Gasteiger partial charge in [0, 0.05) is 10.8 Å². The highest BCUT2D eigenvalue weighted by Crippen LogP contribution is 2.46. The molecule has 0 saturated heterocycles. The van der Waals surface area contributed by atoms with E-state index in [-0.39, 0.29) is 46.5 Å². The maximum absolute atomic E-state index is 9.16. The Morgan fingerprint density at radius 3 is 1.65 bits per heavy atom. The summed E-state index contributed by atoms with van der Waals surface area (Å²) in [5.74, 6) is 0. The molecule has 1 aromatic heterocycles. The van der Waals surface area contributed by atoms with E-state index in [1.165, 1.54) is 0 Å². The van der Waals surface area contributed by atoms with Crippen molar-refractivity contribution in [2.45, 2.75) is 0 Å². The third-order valence-corrected chi connectivity index (χ3v) is 8.36. The fourth-order valence-electron chi connectivity index (χ4n) is 6.45. The van der Waals surface area contributed by atoms with Crippen LogP contribution in [0.3, 0.4) is 0 Å². The molecule has 0 N–H and O–H groups in total. The summed E-state index contributed by atoms with van der Waals surface area (Å²) >= 11 is 0. The summed E-state index contributed by atoms with van der Waals surface area (Å²) in [7, 11) is 0. The van der Waals surface area contributed by atoms with Gasteiger partial charge in [0.25, 0.3) is 0 Å². The van der Waals surface area contributed by atoms with Crippen molar-refractivity contribution < 1.29 is 14.0 Å². The lowest BCUT2D eigenvalue weighted by molar-refractivity contribution is 0.669. The summed E-state index contributed by atoms with van der Waals surface area (Å²) in [4.78, 5) is 0. The van der Waals surface area contributed by atoms with E-state index in [1.54, 1.807) is 0 Å². The number of fused-ring (bicyclic) bond motifs is 6. The molecule has 0 amide bonds. The number of hydrogen-bond donors (Lipinski definition) is 0. The average molecular weight is 554 g/mol. The van der Waals surface area contributed by atoms with E-state index in [0.29, 0.717) is 5.56 Å². The van der Waals surface area contributed by atoms with Gasteiger partial charge in [-0.15, -0.1) is 0 Å². The first-order valence-electron chi connectivity index (χ1n) is 17.7. The zero-order valence-corrected chi connectivity index (χ0v) is 22.9. The lowest BCUT2D eigenvalue weighted by Crippen LogP contribution is -1.91. The van der Waals surface area contributed by atoms with Crippen LogP contribution in [-0.2, 0) is 0 Å². The molecule has 9 rings (SSSR count). The van der Waals surface area contributed by atoms with E-state index in [0.717, 1.165) is 65.7 Å². The molecule has 0 fully saturated rings. The van der Waals surface area contributed by atoms with E-state index in [4.69, 9.17) is 14.0 Å². The molecule has 0 bridgehead atoms. The lowest BCUT2D eigenvalue weighted by atomic mass is 9.84. The van der Waals surface area contributed by atoms with Crippen molar-refractivity contribution >= 4 is 54.3 Å². The second-order valence-electron chi connectivity index (χ2n) is 10.7. The fourth-order valence-corrected chi connectivity index (χ4v) is 6.45.